The van der Waals surface area contributed by atoms with Crippen LogP contribution in [-0.4, -0.2) is 5.78 Å². The Balaban J connectivity index is 2.73. The second-order valence-corrected chi connectivity index (χ2v) is 6.22. The Morgan fingerprint density at radius 3 is 1.81 bits per heavy atom. The lowest BCUT2D eigenvalue weighted by Crippen LogP contribution is -2.11. The van der Waals surface area contributed by atoms with Crippen LogP contribution in [0.2, 0.25) is 10.0 Å². The number of hydrogen-bond donors (Lipinski definition) is 0. The standard InChI is InChI=1S/C18H18Cl2O/c1-9-10(2)12(4)16(13(5)11(9)3)18(21)14-7-6-8-15(19)17(14)20/h6-8H,1-5H3. The SMILES string of the molecule is Cc1c(C)c(C)c(C(=O)c2cccc(Cl)c2Cl)c(C)c1C. The van der Waals surface area contributed by atoms with E-state index in [4.69, 9.17) is 23.2 Å². The second kappa shape index (κ2) is 5.82. The highest BCUT2D eigenvalue weighted by Gasteiger charge is 2.21. The van der Waals surface area contributed by atoms with E-state index in [1.807, 2.05) is 27.7 Å². The van der Waals surface area contributed by atoms with E-state index in [9.17, 15) is 4.79 Å². The Morgan fingerprint density at radius 2 is 1.29 bits per heavy atom. The Kier molecular flexibility index (Phi) is 4.46. The molecule has 0 radical (unpaired) electrons. The van der Waals surface area contributed by atoms with Crippen molar-refractivity contribution >= 4 is 29.0 Å². The fraction of sp³-hybridized carbons (Fsp3) is 0.278. The van der Waals surface area contributed by atoms with Crippen molar-refractivity contribution in [2.75, 3.05) is 0 Å². The molecule has 0 fully saturated rings. The molecular formula is C18H18Cl2O. The molecule has 0 amide bonds. The van der Waals surface area contributed by atoms with Gasteiger partial charge in [-0.15, -0.1) is 0 Å². The summed E-state index contributed by atoms with van der Waals surface area (Å²) in [6, 6.07) is 5.16. The van der Waals surface area contributed by atoms with Crippen molar-refractivity contribution in [3.05, 3.63) is 67.2 Å². The Bertz CT molecular complexity index is 716. The molecule has 0 saturated carbocycles. The summed E-state index contributed by atoms with van der Waals surface area (Å²) < 4.78 is 0. The molecule has 2 aromatic carbocycles. The van der Waals surface area contributed by atoms with Crippen molar-refractivity contribution in [2.45, 2.75) is 34.6 Å². The molecule has 0 spiro atoms. The van der Waals surface area contributed by atoms with E-state index in [2.05, 4.69) is 6.92 Å². The summed E-state index contributed by atoms with van der Waals surface area (Å²) in [4.78, 5) is 12.9. The number of halogens is 2. The number of carbonyl (C=O) groups excluding carboxylic acids is 1. The highest BCUT2D eigenvalue weighted by atomic mass is 35.5. The maximum Gasteiger partial charge on any atom is 0.195 e. The predicted octanol–water partition coefficient (Wildman–Crippen LogP) is 5.77. The van der Waals surface area contributed by atoms with Gasteiger partial charge in [0, 0.05) is 11.1 Å². The van der Waals surface area contributed by atoms with Crippen molar-refractivity contribution in [1.29, 1.82) is 0 Å². The maximum absolute atomic E-state index is 12.9. The van der Waals surface area contributed by atoms with Gasteiger partial charge in [-0.3, -0.25) is 4.79 Å². The average Bonchev–Trinajstić information content (AvgIpc) is 2.46. The molecule has 21 heavy (non-hydrogen) atoms. The van der Waals surface area contributed by atoms with Gasteiger partial charge in [-0.25, -0.2) is 0 Å². The minimum atomic E-state index is -0.0660. The molecule has 3 heteroatoms. The number of benzene rings is 2. The zero-order valence-corrected chi connectivity index (χ0v) is 14.4. The summed E-state index contributed by atoms with van der Waals surface area (Å²) in [6.45, 7) is 10.2. The first-order chi connectivity index (χ1) is 9.77. The molecule has 0 aromatic heterocycles. The van der Waals surface area contributed by atoms with Crippen LogP contribution in [0.5, 0.6) is 0 Å². The van der Waals surface area contributed by atoms with Crippen LogP contribution < -0.4 is 0 Å². The molecule has 0 aliphatic carbocycles. The van der Waals surface area contributed by atoms with E-state index in [0.29, 0.717) is 15.6 Å². The van der Waals surface area contributed by atoms with E-state index in [1.165, 1.54) is 5.56 Å². The molecule has 110 valence electrons. The third-order valence-electron chi connectivity index (χ3n) is 4.42. The van der Waals surface area contributed by atoms with Crippen LogP contribution in [0.25, 0.3) is 0 Å². The molecule has 0 bridgehead atoms. The lowest BCUT2D eigenvalue weighted by Gasteiger charge is -2.18. The first kappa shape index (κ1) is 16.1. The van der Waals surface area contributed by atoms with Crippen molar-refractivity contribution in [1.82, 2.24) is 0 Å². The summed E-state index contributed by atoms with van der Waals surface area (Å²) in [7, 11) is 0. The minimum Gasteiger partial charge on any atom is -0.289 e. The Morgan fingerprint density at radius 1 is 0.810 bits per heavy atom. The third-order valence-corrected chi connectivity index (χ3v) is 5.24. The zero-order chi connectivity index (χ0) is 15.9. The van der Waals surface area contributed by atoms with Crippen molar-refractivity contribution in [3.63, 3.8) is 0 Å². The first-order valence-corrected chi connectivity index (χ1v) is 7.58. The maximum atomic E-state index is 12.9. The van der Waals surface area contributed by atoms with Crippen LogP contribution in [0.3, 0.4) is 0 Å². The summed E-state index contributed by atoms with van der Waals surface area (Å²) in [5.74, 6) is -0.0660. The predicted molar refractivity (Wildman–Crippen MR) is 90.0 cm³/mol. The topological polar surface area (TPSA) is 17.1 Å². The molecule has 0 aliphatic heterocycles. The quantitative estimate of drug-likeness (QED) is 0.642. The summed E-state index contributed by atoms with van der Waals surface area (Å²) >= 11 is 12.2. The van der Waals surface area contributed by atoms with Gasteiger partial charge in [-0.05, 0) is 74.6 Å². The van der Waals surface area contributed by atoms with E-state index in [1.54, 1.807) is 18.2 Å². The van der Waals surface area contributed by atoms with Gasteiger partial charge in [0.1, 0.15) is 0 Å². The van der Waals surface area contributed by atoms with Crippen molar-refractivity contribution < 1.29 is 4.79 Å². The molecule has 2 rings (SSSR count). The lowest BCUT2D eigenvalue weighted by molar-refractivity contribution is 0.103. The minimum absolute atomic E-state index is 0.0660. The third kappa shape index (κ3) is 2.61. The summed E-state index contributed by atoms with van der Waals surface area (Å²) in [6.07, 6.45) is 0. The van der Waals surface area contributed by atoms with Gasteiger partial charge in [0.2, 0.25) is 0 Å². The van der Waals surface area contributed by atoms with Gasteiger partial charge in [0.25, 0.3) is 0 Å². The highest BCUT2D eigenvalue weighted by molar-refractivity contribution is 6.44. The largest absolute Gasteiger partial charge is 0.289 e. The number of rotatable bonds is 2. The van der Waals surface area contributed by atoms with Gasteiger partial charge in [-0.2, -0.15) is 0 Å². The fourth-order valence-corrected chi connectivity index (χ4v) is 3.04. The fourth-order valence-electron chi connectivity index (χ4n) is 2.65. The highest BCUT2D eigenvalue weighted by Crippen LogP contribution is 2.32. The monoisotopic (exact) mass is 320 g/mol. The number of ketones is 1. The van der Waals surface area contributed by atoms with E-state index in [-0.39, 0.29) is 5.78 Å². The summed E-state index contributed by atoms with van der Waals surface area (Å²) in [5, 5.41) is 0.720. The van der Waals surface area contributed by atoms with Crippen LogP contribution in [-0.2, 0) is 0 Å². The van der Waals surface area contributed by atoms with E-state index in [0.717, 1.165) is 27.8 Å². The zero-order valence-electron chi connectivity index (χ0n) is 12.9. The molecule has 0 saturated heterocycles. The van der Waals surface area contributed by atoms with Gasteiger partial charge in [0.15, 0.2) is 5.78 Å². The average molecular weight is 321 g/mol. The molecule has 2 aromatic rings. The van der Waals surface area contributed by atoms with Crippen molar-refractivity contribution in [2.24, 2.45) is 0 Å². The number of hydrogen-bond acceptors (Lipinski definition) is 1. The van der Waals surface area contributed by atoms with Crippen LogP contribution in [0.4, 0.5) is 0 Å². The van der Waals surface area contributed by atoms with Gasteiger partial charge in [-0.1, -0.05) is 29.3 Å². The van der Waals surface area contributed by atoms with Crippen LogP contribution in [0, 0.1) is 34.6 Å². The smallest absolute Gasteiger partial charge is 0.195 e. The van der Waals surface area contributed by atoms with Crippen LogP contribution in [0.1, 0.15) is 43.7 Å². The summed E-state index contributed by atoms with van der Waals surface area (Å²) in [5.41, 5.74) is 6.75. The molecule has 1 nitrogen and oxygen atoms in total. The van der Waals surface area contributed by atoms with E-state index >= 15 is 0 Å². The molecule has 0 aliphatic rings. The van der Waals surface area contributed by atoms with Crippen LogP contribution >= 0.6 is 23.2 Å². The molecule has 0 unspecified atom stereocenters. The molecular weight excluding hydrogens is 303 g/mol. The normalized spacial score (nSPS) is 10.8. The van der Waals surface area contributed by atoms with Gasteiger partial charge < -0.3 is 0 Å². The number of carbonyl (C=O) groups is 1. The van der Waals surface area contributed by atoms with Gasteiger partial charge >= 0.3 is 0 Å². The van der Waals surface area contributed by atoms with Crippen molar-refractivity contribution in [3.8, 4) is 0 Å². The molecule has 0 atom stereocenters. The molecule has 0 N–H and O–H groups in total. The first-order valence-electron chi connectivity index (χ1n) is 6.83. The van der Waals surface area contributed by atoms with Crippen LogP contribution in [0.15, 0.2) is 18.2 Å². The second-order valence-electron chi connectivity index (χ2n) is 5.43. The van der Waals surface area contributed by atoms with E-state index < -0.39 is 0 Å². The Hall–Kier alpha value is -1.31. The lowest BCUT2D eigenvalue weighted by atomic mass is 9.86. The van der Waals surface area contributed by atoms with Gasteiger partial charge in [0.05, 0.1) is 10.0 Å². The Labute approximate surface area is 135 Å². The molecule has 0 heterocycles.